The van der Waals surface area contributed by atoms with Crippen molar-refractivity contribution in [2.75, 3.05) is 27.2 Å². The van der Waals surface area contributed by atoms with Crippen LogP contribution in [0.5, 0.6) is 0 Å². The molecule has 0 spiro atoms. The molecule has 1 N–H and O–H groups in total. The third-order valence-electron chi connectivity index (χ3n) is 5.19. The fourth-order valence-corrected chi connectivity index (χ4v) is 3.65. The van der Waals surface area contributed by atoms with Gasteiger partial charge in [0, 0.05) is 25.8 Å². The van der Waals surface area contributed by atoms with Crippen molar-refractivity contribution in [3.05, 3.63) is 58.4 Å². The van der Waals surface area contributed by atoms with E-state index in [0.29, 0.717) is 24.3 Å². The lowest BCUT2D eigenvalue weighted by molar-refractivity contribution is -0.140. The monoisotopic (exact) mass is 382 g/mol. The van der Waals surface area contributed by atoms with Crippen LogP contribution >= 0.6 is 0 Å². The predicted molar refractivity (Wildman–Crippen MR) is 107 cm³/mol. The molecule has 148 valence electrons. The van der Waals surface area contributed by atoms with Crippen LogP contribution in [0.3, 0.4) is 0 Å². The topological polar surface area (TPSA) is 78.7 Å². The molecule has 1 amide bonds. The van der Waals surface area contributed by atoms with Crippen molar-refractivity contribution in [2.24, 2.45) is 7.05 Å². The lowest BCUT2D eigenvalue weighted by Gasteiger charge is -2.26. The highest BCUT2D eigenvalue weighted by Gasteiger charge is 2.46. The largest absolute Gasteiger partial charge is 0.507 e. The van der Waals surface area contributed by atoms with Gasteiger partial charge in [0.1, 0.15) is 5.76 Å². The van der Waals surface area contributed by atoms with Gasteiger partial charge in [-0.2, -0.15) is 5.10 Å². The summed E-state index contributed by atoms with van der Waals surface area (Å²) in [5.41, 5.74) is 2.77. The molecule has 1 aromatic heterocycles. The number of likely N-dealkylation sites (tertiary alicyclic amines) is 1. The van der Waals surface area contributed by atoms with E-state index in [1.807, 2.05) is 56.3 Å². The summed E-state index contributed by atoms with van der Waals surface area (Å²) in [6, 6.07) is 8.72. The van der Waals surface area contributed by atoms with E-state index in [4.69, 9.17) is 0 Å². The van der Waals surface area contributed by atoms with Gasteiger partial charge in [-0.3, -0.25) is 14.3 Å². The Kier molecular flexibility index (Phi) is 5.38. The van der Waals surface area contributed by atoms with E-state index in [0.717, 1.165) is 11.3 Å². The van der Waals surface area contributed by atoms with Gasteiger partial charge < -0.3 is 14.9 Å². The maximum absolute atomic E-state index is 12.9. The van der Waals surface area contributed by atoms with Gasteiger partial charge in [-0.1, -0.05) is 30.3 Å². The molecule has 1 aromatic carbocycles. The number of likely N-dealkylation sites (N-methyl/N-ethyl adjacent to an activating group) is 1. The number of carbonyl (C=O) groups excluding carboxylic acids is 2. The normalized spacial score (nSPS) is 19.1. The molecule has 3 rings (SSSR count). The van der Waals surface area contributed by atoms with Gasteiger partial charge in [0.25, 0.3) is 11.7 Å². The first-order valence-electron chi connectivity index (χ1n) is 9.22. The molecule has 28 heavy (non-hydrogen) atoms. The average Bonchev–Trinajstić information content (AvgIpc) is 3.06. The molecule has 7 nitrogen and oxygen atoms in total. The molecular weight excluding hydrogens is 356 g/mol. The van der Waals surface area contributed by atoms with Crippen molar-refractivity contribution in [2.45, 2.75) is 19.9 Å². The van der Waals surface area contributed by atoms with Crippen molar-refractivity contribution < 1.29 is 14.7 Å². The number of aryl methyl sites for hydroxylation is 2. The number of benzene rings is 1. The van der Waals surface area contributed by atoms with E-state index in [1.165, 1.54) is 0 Å². The highest BCUT2D eigenvalue weighted by Crippen LogP contribution is 2.40. The summed E-state index contributed by atoms with van der Waals surface area (Å²) >= 11 is 0. The number of nitrogens with zero attached hydrogens (tertiary/aromatic N) is 4. The van der Waals surface area contributed by atoms with E-state index in [9.17, 15) is 14.7 Å². The summed E-state index contributed by atoms with van der Waals surface area (Å²) < 4.78 is 1.66. The standard InChI is InChI=1S/C21H26N4O3/c1-13-16(14(2)24(5)22-13)19(26)17-18(15-9-7-6-8-10-15)25(12-11-23(3)4)21(28)20(17)27/h6-10,18,26H,11-12H2,1-5H3/t18-/m0/s1. The van der Waals surface area contributed by atoms with Crippen molar-refractivity contribution in [1.29, 1.82) is 0 Å². The number of aliphatic hydroxyl groups excluding tert-OH is 1. The molecule has 2 aromatic rings. The van der Waals surface area contributed by atoms with E-state index in [1.54, 1.807) is 23.6 Å². The minimum absolute atomic E-state index is 0.120. The maximum Gasteiger partial charge on any atom is 0.295 e. The molecular formula is C21H26N4O3. The minimum Gasteiger partial charge on any atom is -0.507 e. The van der Waals surface area contributed by atoms with Crippen LogP contribution in [0.15, 0.2) is 35.9 Å². The first-order valence-corrected chi connectivity index (χ1v) is 9.22. The summed E-state index contributed by atoms with van der Waals surface area (Å²) in [7, 11) is 5.61. The molecule has 1 aliphatic rings. The molecule has 1 fully saturated rings. The van der Waals surface area contributed by atoms with Crippen LogP contribution in [-0.2, 0) is 16.6 Å². The number of amides is 1. The molecule has 2 heterocycles. The summed E-state index contributed by atoms with van der Waals surface area (Å²) in [6.07, 6.45) is 0. The molecule has 0 bridgehead atoms. The van der Waals surface area contributed by atoms with Crippen LogP contribution in [0.25, 0.3) is 5.76 Å². The number of rotatable bonds is 5. The van der Waals surface area contributed by atoms with Gasteiger partial charge in [-0.05, 0) is 33.5 Å². The summed E-state index contributed by atoms with van der Waals surface area (Å²) in [4.78, 5) is 29.3. The van der Waals surface area contributed by atoms with Crippen LogP contribution in [0.1, 0.15) is 28.6 Å². The number of aromatic nitrogens is 2. The van der Waals surface area contributed by atoms with Gasteiger partial charge in [0.05, 0.1) is 22.9 Å². The fraction of sp³-hybridized carbons (Fsp3) is 0.381. The zero-order valence-electron chi connectivity index (χ0n) is 16.9. The first-order chi connectivity index (χ1) is 13.2. The van der Waals surface area contributed by atoms with Crippen molar-refractivity contribution >= 4 is 17.4 Å². The van der Waals surface area contributed by atoms with E-state index >= 15 is 0 Å². The zero-order valence-corrected chi connectivity index (χ0v) is 16.9. The molecule has 0 aliphatic carbocycles. The third-order valence-corrected chi connectivity index (χ3v) is 5.19. The van der Waals surface area contributed by atoms with E-state index in [-0.39, 0.29) is 11.3 Å². The van der Waals surface area contributed by atoms with Gasteiger partial charge >= 0.3 is 0 Å². The Balaban J connectivity index is 2.19. The fourth-order valence-electron chi connectivity index (χ4n) is 3.65. The number of Topliss-reactive ketones (excluding diaryl/α,β-unsaturated/α-hetero) is 1. The van der Waals surface area contributed by atoms with Gasteiger partial charge in [-0.25, -0.2) is 0 Å². The Bertz CT molecular complexity index is 944. The number of ketones is 1. The minimum atomic E-state index is -0.659. The molecule has 0 unspecified atom stereocenters. The second-order valence-electron chi connectivity index (χ2n) is 7.38. The lowest BCUT2D eigenvalue weighted by Crippen LogP contribution is -2.35. The molecule has 1 saturated heterocycles. The van der Waals surface area contributed by atoms with Gasteiger partial charge in [0.2, 0.25) is 0 Å². The van der Waals surface area contributed by atoms with Gasteiger partial charge in [-0.15, -0.1) is 0 Å². The van der Waals surface area contributed by atoms with Crippen molar-refractivity contribution in [3.8, 4) is 0 Å². The molecule has 0 saturated carbocycles. The quantitative estimate of drug-likeness (QED) is 0.486. The Morgan fingerprint density at radius 3 is 2.36 bits per heavy atom. The SMILES string of the molecule is Cc1nn(C)c(C)c1C(O)=C1C(=O)C(=O)N(CCN(C)C)[C@H]1c1ccccc1. The van der Waals surface area contributed by atoms with E-state index < -0.39 is 17.7 Å². The summed E-state index contributed by atoms with van der Waals surface area (Å²) in [5, 5.41) is 15.5. The van der Waals surface area contributed by atoms with Crippen LogP contribution < -0.4 is 0 Å². The Hall–Kier alpha value is -2.93. The summed E-state index contributed by atoms with van der Waals surface area (Å²) in [6.45, 7) is 4.61. The van der Waals surface area contributed by atoms with Crippen LogP contribution in [0.2, 0.25) is 0 Å². The summed E-state index contributed by atoms with van der Waals surface area (Å²) in [5.74, 6) is -1.41. The highest BCUT2D eigenvalue weighted by atomic mass is 16.3. The number of carbonyl (C=O) groups is 2. The Labute approximate surface area is 164 Å². The lowest BCUT2D eigenvalue weighted by atomic mass is 9.95. The van der Waals surface area contributed by atoms with Crippen LogP contribution in [0.4, 0.5) is 0 Å². The smallest absolute Gasteiger partial charge is 0.295 e. The maximum atomic E-state index is 12.9. The van der Waals surface area contributed by atoms with E-state index in [2.05, 4.69) is 5.10 Å². The molecule has 0 radical (unpaired) electrons. The second-order valence-corrected chi connectivity index (χ2v) is 7.38. The van der Waals surface area contributed by atoms with Crippen molar-refractivity contribution in [3.63, 3.8) is 0 Å². The molecule has 1 aliphatic heterocycles. The Morgan fingerprint density at radius 1 is 1.18 bits per heavy atom. The zero-order chi connectivity index (χ0) is 20.6. The third kappa shape index (κ3) is 3.33. The molecule has 7 heteroatoms. The average molecular weight is 382 g/mol. The Morgan fingerprint density at radius 2 is 1.82 bits per heavy atom. The first kappa shape index (κ1) is 19.8. The number of hydrogen-bond acceptors (Lipinski definition) is 5. The second kappa shape index (κ2) is 7.59. The van der Waals surface area contributed by atoms with Crippen LogP contribution in [0, 0.1) is 13.8 Å². The number of hydrogen-bond donors (Lipinski definition) is 1. The number of aliphatic hydroxyl groups is 1. The van der Waals surface area contributed by atoms with Crippen molar-refractivity contribution in [1.82, 2.24) is 19.6 Å². The van der Waals surface area contributed by atoms with Crippen LogP contribution in [-0.4, -0.2) is 63.6 Å². The highest BCUT2D eigenvalue weighted by molar-refractivity contribution is 6.46. The van der Waals surface area contributed by atoms with Gasteiger partial charge in [0.15, 0.2) is 0 Å². The predicted octanol–water partition coefficient (Wildman–Crippen LogP) is 2.02. The molecule has 1 atom stereocenters.